The number of benzene rings is 4. The Morgan fingerprint density at radius 1 is 0.538 bits per heavy atom. The number of hydrogen-bond donors (Lipinski definition) is 0. The van der Waals surface area contributed by atoms with Crippen LogP contribution >= 0.6 is 0 Å². The summed E-state index contributed by atoms with van der Waals surface area (Å²) < 4.78 is 0. The molecule has 5 rings (SSSR count). The fraction of sp³-hybridized carbons (Fsp3) is 0. The molecule has 0 saturated heterocycles. The normalized spacial score (nSPS) is 11.7. The van der Waals surface area contributed by atoms with Crippen LogP contribution in [0.15, 0.2) is 91.0 Å². The van der Waals surface area contributed by atoms with Crippen molar-refractivity contribution in [2.24, 2.45) is 0 Å². The molecule has 1 aromatic heterocycles. The molecule has 5 aromatic rings. The first-order chi connectivity index (χ1) is 12.9. The van der Waals surface area contributed by atoms with E-state index in [1.165, 1.54) is 32.7 Å². The molecule has 0 aliphatic carbocycles. The zero-order valence-corrected chi connectivity index (χ0v) is 14.3. The molecule has 0 amide bonds. The molecule has 0 radical (unpaired) electrons. The molecule has 1 heteroatoms. The second-order valence-electron chi connectivity index (χ2n) is 6.47. The molecule has 0 aliphatic heterocycles. The molecule has 0 fully saturated rings. The molecule has 26 heavy (non-hydrogen) atoms. The monoisotopic (exact) mass is 331 g/mol. The average molecular weight is 331 g/mol. The Balaban J connectivity index is 1.86. The summed E-state index contributed by atoms with van der Waals surface area (Å²) in [6.45, 7) is 0. The second kappa shape index (κ2) is 6.12. The molecule has 0 saturated carbocycles. The molecule has 4 aromatic carbocycles. The smallest absolute Gasteiger partial charge is 0.0794 e. The lowest BCUT2D eigenvalue weighted by atomic mass is 9.98. The van der Waals surface area contributed by atoms with Crippen LogP contribution in [0, 0.1) is 0 Å². The standard InChI is InChI=1S/C25H17N/c1-2-8-18(9-3-1)14-16-21-22-12-6-7-13-24(22)26-25-20-11-5-4-10-19(20)15-17-23(21)25/h1-17H. The molecule has 1 heterocycles. The Morgan fingerprint density at radius 2 is 1.27 bits per heavy atom. The van der Waals surface area contributed by atoms with Crippen molar-refractivity contribution in [1.82, 2.24) is 4.98 Å². The van der Waals surface area contributed by atoms with E-state index >= 15 is 0 Å². The van der Waals surface area contributed by atoms with Crippen LogP contribution in [0.4, 0.5) is 0 Å². The molecule has 1 nitrogen and oxygen atoms in total. The van der Waals surface area contributed by atoms with Crippen molar-refractivity contribution in [3.8, 4) is 0 Å². The molecule has 0 aliphatic rings. The van der Waals surface area contributed by atoms with Gasteiger partial charge < -0.3 is 0 Å². The lowest BCUT2D eigenvalue weighted by molar-refractivity contribution is 1.51. The van der Waals surface area contributed by atoms with E-state index in [1.54, 1.807) is 0 Å². The number of pyridine rings is 1. The van der Waals surface area contributed by atoms with Crippen molar-refractivity contribution in [2.45, 2.75) is 0 Å². The van der Waals surface area contributed by atoms with Crippen LogP contribution in [0.5, 0.6) is 0 Å². The highest BCUT2D eigenvalue weighted by atomic mass is 14.7. The first-order valence-electron chi connectivity index (χ1n) is 8.83. The van der Waals surface area contributed by atoms with Gasteiger partial charge in [-0.25, -0.2) is 4.98 Å². The zero-order chi connectivity index (χ0) is 17.3. The predicted molar refractivity (Wildman–Crippen MR) is 112 cm³/mol. The van der Waals surface area contributed by atoms with Gasteiger partial charge in [-0.3, -0.25) is 0 Å². The summed E-state index contributed by atoms with van der Waals surface area (Å²) in [5.41, 5.74) is 4.51. The van der Waals surface area contributed by atoms with Gasteiger partial charge in [0, 0.05) is 16.2 Å². The minimum absolute atomic E-state index is 1.03. The summed E-state index contributed by atoms with van der Waals surface area (Å²) >= 11 is 0. The van der Waals surface area contributed by atoms with E-state index in [1.807, 2.05) is 6.07 Å². The van der Waals surface area contributed by atoms with Gasteiger partial charge in [0.2, 0.25) is 0 Å². The molecular weight excluding hydrogens is 314 g/mol. The van der Waals surface area contributed by atoms with Crippen molar-refractivity contribution in [1.29, 1.82) is 0 Å². The quantitative estimate of drug-likeness (QED) is 0.259. The van der Waals surface area contributed by atoms with Gasteiger partial charge in [0.25, 0.3) is 0 Å². The van der Waals surface area contributed by atoms with Crippen LogP contribution in [0.1, 0.15) is 11.1 Å². The molecule has 0 N–H and O–H groups in total. The third-order valence-electron chi connectivity index (χ3n) is 4.86. The number of fused-ring (bicyclic) bond motifs is 4. The van der Waals surface area contributed by atoms with Crippen LogP contribution in [0.3, 0.4) is 0 Å². The fourth-order valence-electron chi connectivity index (χ4n) is 3.58. The van der Waals surface area contributed by atoms with Gasteiger partial charge >= 0.3 is 0 Å². The zero-order valence-electron chi connectivity index (χ0n) is 14.3. The van der Waals surface area contributed by atoms with E-state index in [9.17, 15) is 0 Å². The average Bonchev–Trinajstić information content (AvgIpc) is 2.72. The molecule has 122 valence electrons. The summed E-state index contributed by atoms with van der Waals surface area (Å²) in [5, 5.41) is 4.79. The third kappa shape index (κ3) is 2.46. The van der Waals surface area contributed by atoms with Gasteiger partial charge in [0.1, 0.15) is 0 Å². The van der Waals surface area contributed by atoms with Crippen LogP contribution in [-0.4, -0.2) is 4.98 Å². The van der Waals surface area contributed by atoms with E-state index in [4.69, 9.17) is 4.98 Å². The largest absolute Gasteiger partial charge is 0.247 e. The third-order valence-corrected chi connectivity index (χ3v) is 4.86. The second-order valence-corrected chi connectivity index (χ2v) is 6.47. The van der Waals surface area contributed by atoms with E-state index in [0.29, 0.717) is 0 Å². The lowest BCUT2D eigenvalue weighted by Crippen LogP contribution is -1.89. The number of rotatable bonds is 2. The molecule has 0 unspecified atom stereocenters. The van der Waals surface area contributed by atoms with Crippen LogP contribution in [0.2, 0.25) is 0 Å². The van der Waals surface area contributed by atoms with E-state index < -0.39 is 0 Å². The Hall–Kier alpha value is -3.45. The molecule has 0 spiro atoms. The van der Waals surface area contributed by atoms with E-state index in [-0.39, 0.29) is 0 Å². The summed E-state index contributed by atoms with van der Waals surface area (Å²) in [5.74, 6) is 0. The Labute approximate surface area is 152 Å². The first-order valence-corrected chi connectivity index (χ1v) is 8.83. The van der Waals surface area contributed by atoms with Gasteiger partial charge in [-0.2, -0.15) is 0 Å². The number of nitrogens with zero attached hydrogens (tertiary/aromatic N) is 1. The number of aromatic nitrogens is 1. The highest BCUT2D eigenvalue weighted by molar-refractivity contribution is 6.13. The topological polar surface area (TPSA) is 12.9 Å². The maximum Gasteiger partial charge on any atom is 0.0794 e. The first kappa shape index (κ1) is 14.9. The predicted octanol–water partition coefficient (Wildman–Crippen LogP) is 6.71. The van der Waals surface area contributed by atoms with Crippen molar-refractivity contribution < 1.29 is 0 Å². The van der Waals surface area contributed by atoms with Crippen molar-refractivity contribution in [3.63, 3.8) is 0 Å². The number of hydrogen-bond acceptors (Lipinski definition) is 1. The summed E-state index contributed by atoms with van der Waals surface area (Å²) in [7, 11) is 0. The van der Waals surface area contributed by atoms with Gasteiger partial charge in [0.15, 0.2) is 0 Å². The van der Waals surface area contributed by atoms with Gasteiger partial charge in [-0.05, 0) is 22.6 Å². The van der Waals surface area contributed by atoms with Crippen LogP contribution in [-0.2, 0) is 0 Å². The van der Waals surface area contributed by atoms with Crippen LogP contribution < -0.4 is 0 Å². The van der Waals surface area contributed by atoms with E-state index in [0.717, 1.165) is 11.0 Å². The Morgan fingerprint density at radius 3 is 2.15 bits per heavy atom. The van der Waals surface area contributed by atoms with Gasteiger partial charge in [-0.1, -0.05) is 97.1 Å². The molecular formula is C25H17N. The minimum Gasteiger partial charge on any atom is -0.247 e. The molecule has 0 atom stereocenters. The minimum atomic E-state index is 1.03. The van der Waals surface area contributed by atoms with Gasteiger partial charge in [0.05, 0.1) is 11.0 Å². The van der Waals surface area contributed by atoms with Crippen molar-refractivity contribution >= 4 is 44.7 Å². The lowest BCUT2D eigenvalue weighted by Gasteiger charge is -2.10. The van der Waals surface area contributed by atoms with Crippen molar-refractivity contribution in [2.75, 3.05) is 0 Å². The maximum atomic E-state index is 4.99. The van der Waals surface area contributed by atoms with Crippen molar-refractivity contribution in [3.05, 3.63) is 102 Å². The fourth-order valence-corrected chi connectivity index (χ4v) is 3.58. The number of para-hydroxylation sites is 1. The summed E-state index contributed by atoms with van der Waals surface area (Å²) in [6, 6.07) is 31.6. The highest BCUT2D eigenvalue weighted by Gasteiger charge is 2.09. The Bertz CT molecular complexity index is 1270. The molecule has 0 bridgehead atoms. The SMILES string of the molecule is C(=Cc1c2ccccc2nc2c1ccc1ccccc12)c1ccccc1. The highest BCUT2D eigenvalue weighted by Crippen LogP contribution is 2.32. The summed E-state index contributed by atoms with van der Waals surface area (Å²) in [4.78, 5) is 4.99. The maximum absolute atomic E-state index is 4.99. The summed E-state index contributed by atoms with van der Waals surface area (Å²) in [6.07, 6.45) is 4.40. The van der Waals surface area contributed by atoms with Gasteiger partial charge in [-0.15, -0.1) is 0 Å². The Kier molecular flexibility index (Phi) is 3.50. The van der Waals surface area contributed by atoms with Crippen LogP contribution in [0.25, 0.3) is 44.7 Å². The van der Waals surface area contributed by atoms with E-state index in [2.05, 4.69) is 97.1 Å².